The number of guanidine groups is 2. The van der Waals surface area contributed by atoms with Crippen molar-refractivity contribution in [1.29, 1.82) is 0 Å². The first-order valence-electron chi connectivity index (χ1n) is 14.0. The lowest BCUT2D eigenvalue weighted by Gasteiger charge is -2.11. The van der Waals surface area contributed by atoms with E-state index in [9.17, 15) is 9.59 Å². The third kappa shape index (κ3) is 9.97. The monoisotopic (exact) mass is 588 g/mol. The van der Waals surface area contributed by atoms with Gasteiger partial charge in [0.2, 0.25) is 0 Å². The number of nitrogens with one attached hydrogen (secondary N) is 3. The maximum absolute atomic E-state index is 13.3. The number of urea groups is 1. The van der Waals surface area contributed by atoms with Gasteiger partial charge in [0, 0.05) is 18.7 Å². The van der Waals surface area contributed by atoms with Crippen molar-refractivity contribution in [2.75, 3.05) is 0 Å². The van der Waals surface area contributed by atoms with Gasteiger partial charge in [-0.05, 0) is 39.5 Å². The Bertz CT molecular complexity index is 1650. The molecule has 0 radical (unpaired) electrons. The normalized spacial score (nSPS) is 12.0. The fourth-order valence-corrected chi connectivity index (χ4v) is 4.28. The average Bonchev–Trinajstić information content (AvgIpc) is 3.05. The molecule has 9 N–H and O–H groups in total. The SMILES string of the molecule is NCc1cccc(CN=C(N)NC(=O)NC(N)=NCc2cccc(CNC(=O)C(=Cc3ccccc3)c3ccccc3)c2)c1. The molecule has 0 atom stereocenters. The van der Waals surface area contributed by atoms with Crippen LogP contribution in [-0.2, 0) is 31.0 Å². The van der Waals surface area contributed by atoms with E-state index in [-0.39, 0.29) is 30.9 Å². The number of aliphatic imine (C=N–C) groups is 2. The maximum Gasteiger partial charge on any atom is 0.328 e. The van der Waals surface area contributed by atoms with Gasteiger partial charge in [-0.25, -0.2) is 14.8 Å². The molecule has 0 fully saturated rings. The van der Waals surface area contributed by atoms with Crippen LogP contribution in [0.25, 0.3) is 11.6 Å². The zero-order valence-electron chi connectivity index (χ0n) is 24.2. The predicted octanol–water partition coefficient (Wildman–Crippen LogP) is 3.63. The molecular weight excluding hydrogens is 552 g/mol. The van der Waals surface area contributed by atoms with E-state index in [0.717, 1.165) is 33.4 Å². The van der Waals surface area contributed by atoms with Crippen molar-refractivity contribution >= 4 is 35.5 Å². The van der Waals surface area contributed by atoms with Crippen molar-refractivity contribution in [3.05, 3.63) is 143 Å². The van der Waals surface area contributed by atoms with Gasteiger partial charge in [0.15, 0.2) is 11.9 Å². The molecule has 0 saturated carbocycles. The fraction of sp³-hybridized carbons (Fsp3) is 0.118. The van der Waals surface area contributed by atoms with Crippen LogP contribution in [0.2, 0.25) is 0 Å². The topological polar surface area (TPSA) is 173 Å². The molecule has 0 aliphatic rings. The number of rotatable bonds is 10. The standard InChI is InChI=1S/C34H36N8O2/c35-20-25-11-7-12-26(17-25)22-39-32(36)41-34(44)42-33(37)40-23-28-14-8-13-27(18-28)21-38-31(43)30(29-15-5-2-6-16-29)19-24-9-3-1-4-10-24/h1-19H,20-23,35H2,(H,38,43)(H6,36,37,39,40,41,42,44). The quantitative estimate of drug-likeness (QED) is 0.0717. The summed E-state index contributed by atoms with van der Waals surface area (Å²) in [6, 6.07) is 33.8. The summed E-state index contributed by atoms with van der Waals surface area (Å²) in [6.45, 7) is 1.26. The van der Waals surface area contributed by atoms with Crippen LogP contribution in [0.15, 0.2) is 119 Å². The highest BCUT2D eigenvalue weighted by Crippen LogP contribution is 2.19. The Balaban J connectivity index is 1.30. The Morgan fingerprint density at radius 3 is 1.77 bits per heavy atom. The second-order valence-corrected chi connectivity index (χ2v) is 9.84. The molecule has 0 aliphatic carbocycles. The van der Waals surface area contributed by atoms with Gasteiger partial charge in [0.25, 0.3) is 5.91 Å². The summed E-state index contributed by atoms with van der Waals surface area (Å²) in [5.74, 6) is -0.324. The third-order valence-electron chi connectivity index (χ3n) is 6.46. The maximum atomic E-state index is 13.3. The summed E-state index contributed by atoms with van der Waals surface area (Å²) in [7, 11) is 0. The summed E-state index contributed by atoms with van der Waals surface area (Å²) in [5.41, 5.74) is 23.4. The Labute approximate surface area is 256 Å². The Morgan fingerprint density at radius 2 is 1.18 bits per heavy atom. The molecular formula is C34H36N8O2. The van der Waals surface area contributed by atoms with E-state index in [4.69, 9.17) is 17.2 Å². The van der Waals surface area contributed by atoms with Crippen LogP contribution >= 0.6 is 0 Å². The van der Waals surface area contributed by atoms with Crippen molar-refractivity contribution in [2.24, 2.45) is 27.2 Å². The van der Waals surface area contributed by atoms with Gasteiger partial charge in [-0.2, -0.15) is 0 Å². The Morgan fingerprint density at radius 1 is 0.659 bits per heavy atom. The first kappa shape index (κ1) is 31.2. The van der Waals surface area contributed by atoms with Crippen LogP contribution in [0, 0.1) is 0 Å². The minimum atomic E-state index is -0.655. The van der Waals surface area contributed by atoms with Gasteiger partial charge in [0.05, 0.1) is 13.1 Å². The number of nitrogens with zero attached hydrogens (tertiary/aromatic N) is 2. The molecule has 0 heterocycles. The highest BCUT2D eigenvalue weighted by molar-refractivity contribution is 6.24. The summed E-state index contributed by atoms with van der Waals surface area (Å²) < 4.78 is 0. The Hall–Kier alpha value is -5.74. The average molecular weight is 589 g/mol. The molecule has 224 valence electrons. The molecule has 10 nitrogen and oxygen atoms in total. The van der Waals surface area contributed by atoms with Crippen LogP contribution < -0.4 is 33.2 Å². The number of hydrogen-bond acceptors (Lipinski definition) is 5. The first-order chi connectivity index (χ1) is 21.4. The van der Waals surface area contributed by atoms with Gasteiger partial charge in [-0.15, -0.1) is 0 Å². The molecule has 0 saturated heterocycles. The lowest BCUT2D eigenvalue weighted by molar-refractivity contribution is -0.115. The van der Waals surface area contributed by atoms with Crippen LogP contribution in [0.1, 0.15) is 33.4 Å². The molecule has 4 aromatic carbocycles. The highest BCUT2D eigenvalue weighted by atomic mass is 16.2. The van der Waals surface area contributed by atoms with E-state index in [1.54, 1.807) is 0 Å². The number of carbonyl (C=O) groups is 2. The molecule has 4 rings (SSSR count). The van der Waals surface area contributed by atoms with E-state index >= 15 is 0 Å². The van der Waals surface area contributed by atoms with Gasteiger partial charge in [0.1, 0.15) is 0 Å². The summed E-state index contributed by atoms with van der Waals surface area (Å²) in [6.07, 6.45) is 1.88. The zero-order chi connectivity index (χ0) is 31.1. The van der Waals surface area contributed by atoms with E-state index in [1.807, 2.05) is 115 Å². The number of amides is 3. The molecule has 44 heavy (non-hydrogen) atoms. The summed E-state index contributed by atoms with van der Waals surface area (Å²) in [5, 5.41) is 7.88. The van der Waals surface area contributed by atoms with E-state index < -0.39 is 6.03 Å². The van der Waals surface area contributed by atoms with E-state index in [1.165, 1.54) is 0 Å². The van der Waals surface area contributed by atoms with Crippen LogP contribution in [0.5, 0.6) is 0 Å². The highest BCUT2D eigenvalue weighted by Gasteiger charge is 2.12. The molecule has 0 unspecified atom stereocenters. The Kier molecular flexibility index (Phi) is 11.4. The van der Waals surface area contributed by atoms with Crippen molar-refractivity contribution < 1.29 is 9.59 Å². The lowest BCUT2D eigenvalue weighted by atomic mass is 10.0. The number of hydrogen-bond donors (Lipinski definition) is 6. The first-order valence-corrected chi connectivity index (χ1v) is 14.0. The van der Waals surface area contributed by atoms with Crippen molar-refractivity contribution in [3.63, 3.8) is 0 Å². The van der Waals surface area contributed by atoms with Crippen molar-refractivity contribution in [3.8, 4) is 0 Å². The molecule has 0 spiro atoms. The molecule has 4 aromatic rings. The fourth-order valence-electron chi connectivity index (χ4n) is 4.28. The lowest BCUT2D eigenvalue weighted by Crippen LogP contribution is -2.48. The van der Waals surface area contributed by atoms with Crippen molar-refractivity contribution in [1.82, 2.24) is 16.0 Å². The second-order valence-electron chi connectivity index (χ2n) is 9.84. The second kappa shape index (κ2) is 16.0. The summed E-state index contributed by atoms with van der Waals surface area (Å²) in [4.78, 5) is 33.9. The number of nitrogens with two attached hydrogens (primary N) is 3. The van der Waals surface area contributed by atoms with Crippen LogP contribution in [0.3, 0.4) is 0 Å². The molecule has 3 amide bonds. The molecule has 0 aromatic heterocycles. The summed E-state index contributed by atoms with van der Waals surface area (Å²) >= 11 is 0. The third-order valence-corrected chi connectivity index (χ3v) is 6.46. The minimum Gasteiger partial charge on any atom is -0.370 e. The van der Waals surface area contributed by atoms with Gasteiger partial charge >= 0.3 is 6.03 Å². The molecule has 0 aliphatic heterocycles. The van der Waals surface area contributed by atoms with Crippen LogP contribution in [-0.4, -0.2) is 23.9 Å². The predicted molar refractivity (Wildman–Crippen MR) is 176 cm³/mol. The smallest absolute Gasteiger partial charge is 0.328 e. The van der Waals surface area contributed by atoms with Gasteiger partial charge in [-0.3, -0.25) is 15.4 Å². The molecule has 0 bridgehead atoms. The number of benzene rings is 4. The van der Waals surface area contributed by atoms with Gasteiger partial charge < -0.3 is 22.5 Å². The van der Waals surface area contributed by atoms with Gasteiger partial charge in [-0.1, -0.05) is 109 Å². The molecule has 10 heteroatoms. The van der Waals surface area contributed by atoms with Crippen molar-refractivity contribution in [2.45, 2.75) is 26.2 Å². The van der Waals surface area contributed by atoms with Crippen LogP contribution in [0.4, 0.5) is 4.79 Å². The number of carbonyl (C=O) groups excluding carboxylic acids is 2. The minimum absolute atomic E-state index is 0.0581. The largest absolute Gasteiger partial charge is 0.370 e. The van der Waals surface area contributed by atoms with E-state index in [2.05, 4.69) is 25.9 Å². The zero-order valence-corrected chi connectivity index (χ0v) is 24.2. The van der Waals surface area contributed by atoms with E-state index in [0.29, 0.717) is 18.7 Å².